The van der Waals surface area contributed by atoms with E-state index in [0.29, 0.717) is 17.0 Å². The topological polar surface area (TPSA) is 87.1 Å². The van der Waals surface area contributed by atoms with Crippen molar-refractivity contribution in [1.29, 1.82) is 0 Å². The zero-order valence-corrected chi connectivity index (χ0v) is 13.8. The maximum Gasteiger partial charge on any atom is 0.294 e. The van der Waals surface area contributed by atoms with Crippen molar-refractivity contribution in [3.8, 4) is 11.5 Å². The Bertz CT molecular complexity index is 870. The molecule has 2 aromatic rings. The molecule has 0 unspecified atom stereocenters. The molecule has 128 valence electrons. The number of carbonyl (C=O) groups excluding carboxylic acids is 2. The second kappa shape index (κ2) is 6.32. The largest absolute Gasteiger partial charge is 0.508 e. The Balaban J connectivity index is 2.22. The number of methoxy groups -OCH3 is 1. The molecule has 2 aromatic carbocycles. The van der Waals surface area contributed by atoms with E-state index in [0.717, 1.165) is 0 Å². The van der Waals surface area contributed by atoms with Crippen LogP contribution in [0.5, 0.6) is 11.5 Å². The predicted molar refractivity (Wildman–Crippen MR) is 91.7 cm³/mol. The molecule has 6 heteroatoms. The molecular weight excluding hydrogens is 322 g/mol. The summed E-state index contributed by atoms with van der Waals surface area (Å²) in [5, 5.41) is 19.8. The summed E-state index contributed by atoms with van der Waals surface area (Å²) in [7, 11) is 1.50. The first-order chi connectivity index (χ1) is 12.0. The van der Waals surface area contributed by atoms with Crippen molar-refractivity contribution in [2.45, 2.75) is 13.0 Å². The molecule has 0 saturated heterocycles. The number of aliphatic hydroxyl groups excluding tert-OH is 1. The van der Waals surface area contributed by atoms with Crippen molar-refractivity contribution < 1.29 is 24.5 Å². The fourth-order valence-electron chi connectivity index (χ4n) is 3.03. The quantitative estimate of drug-likeness (QED) is 0.894. The van der Waals surface area contributed by atoms with Crippen LogP contribution in [0.3, 0.4) is 0 Å². The molecule has 1 heterocycles. The van der Waals surface area contributed by atoms with Gasteiger partial charge in [0.15, 0.2) is 11.5 Å². The number of ether oxygens (including phenoxy) is 1. The van der Waals surface area contributed by atoms with Crippen molar-refractivity contribution in [1.82, 2.24) is 0 Å². The Hall–Kier alpha value is -3.28. The van der Waals surface area contributed by atoms with E-state index in [4.69, 9.17) is 4.74 Å². The number of anilines is 1. The summed E-state index contributed by atoms with van der Waals surface area (Å²) in [5.41, 5.74) is 1.05. The summed E-state index contributed by atoms with van der Waals surface area (Å²) in [5.74, 6) is -1.10. The third-order valence-corrected chi connectivity index (χ3v) is 4.15. The molecule has 0 aromatic heterocycles. The second-order valence-electron chi connectivity index (χ2n) is 5.65. The number of benzene rings is 2. The van der Waals surface area contributed by atoms with Crippen LogP contribution >= 0.6 is 0 Å². The summed E-state index contributed by atoms with van der Waals surface area (Å²) in [4.78, 5) is 26.1. The zero-order valence-electron chi connectivity index (χ0n) is 13.8. The first-order valence-corrected chi connectivity index (χ1v) is 7.65. The summed E-state index contributed by atoms with van der Waals surface area (Å²) < 4.78 is 5.37. The van der Waals surface area contributed by atoms with Gasteiger partial charge >= 0.3 is 0 Å². The first-order valence-electron chi connectivity index (χ1n) is 7.65. The standard InChI is InChI=1S/C19H17NO5/c1-11(21)16-17(14-5-3-4-6-15(14)25-2)20(19(24)18(16)23)12-7-9-13(22)10-8-12/h3-10,17,22-23H,1-2H3/t17-/m1/s1. The number of hydrogen-bond acceptors (Lipinski definition) is 5. The number of ketones is 1. The summed E-state index contributed by atoms with van der Waals surface area (Å²) in [6, 6.07) is 12.2. The smallest absolute Gasteiger partial charge is 0.294 e. The number of Topliss-reactive ketones (excluding diaryl/α,β-unsaturated/α-hetero) is 1. The highest BCUT2D eigenvalue weighted by molar-refractivity contribution is 6.16. The monoisotopic (exact) mass is 339 g/mol. The van der Waals surface area contributed by atoms with Crippen molar-refractivity contribution in [3.05, 3.63) is 65.4 Å². The minimum atomic E-state index is -0.814. The van der Waals surface area contributed by atoms with Gasteiger partial charge in [0, 0.05) is 11.3 Å². The highest BCUT2D eigenvalue weighted by Gasteiger charge is 2.44. The molecule has 1 aliphatic heterocycles. The molecule has 1 aliphatic rings. The molecule has 0 bridgehead atoms. The van der Waals surface area contributed by atoms with Gasteiger partial charge in [0.05, 0.1) is 18.7 Å². The van der Waals surface area contributed by atoms with Crippen LogP contribution in [0.1, 0.15) is 18.5 Å². The highest BCUT2D eigenvalue weighted by Crippen LogP contribution is 2.43. The molecule has 0 fully saturated rings. The number of hydrogen-bond donors (Lipinski definition) is 2. The number of carbonyl (C=O) groups is 2. The fourth-order valence-corrected chi connectivity index (χ4v) is 3.03. The maximum absolute atomic E-state index is 12.7. The fraction of sp³-hybridized carbons (Fsp3) is 0.158. The van der Waals surface area contributed by atoms with Crippen LogP contribution in [0, 0.1) is 0 Å². The van der Waals surface area contributed by atoms with Crippen molar-refractivity contribution in [3.63, 3.8) is 0 Å². The van der Waals surface area contributed by atoms with Gasteiger partial charge in [-0.25, -0.2) is 0 Å². The van der Waals surface area contributed by atoms with Gasteiger partial charge in [0.2, 0.25) is 0 Å². The molecule has 3 rings (SSSR count). The average molecular weight is 339 g/mol. The molecule has 0 spiro atoms. The minimum Gasteiger partial charge on any atom is -0.508 e. The van der Waals surface area contributed by atoms with E-state index in [1.54, 1.807) is 36.4 Å². The lowest BCUT2D eigenvalue weighted by Gasteiger charge is -2.27. The van der Waals surface area contributed by atoms with Crippen molar-refractivity contribution in [2.75, 3.05) is 12.0 Å². The van der Waals surface area contributed by atoms with Crippen LogP contribution in [0.25, 0.3) is 0 Å². The molecule has 0 radical (unpaired) electrons. The second-order valence-corrected chi connectivity index (χ2v) is 5.65. The van der Waals surface area contributed by atoms with Crippen LogP contribution < -0.4 is 9.64 Å². The van der Waals surface area contributed by atoms with Crippen LogP contribution in [0.2, 0.25) is 0 Å². The average Bonchev–Trinajstić information content (AvgIpc) is 2.87. The number of aliphatic hydroxyl groups is 1. The molecule has 0 aliphatic carbocycles. The number of para-hydroxylation sites is 1. The van der Waals surface area contributed by atoms with Crippen molar-refractivity contribution in [2.24, 2.45) is 0 Å². The Morgan fingerprint density at radius 1 is 1.08 bits per heavy atom. The molecule has 1 amide bonds. The van der Waals surface area contributed by atoms with Crippen LogP contribution in [-0.4, -0.2) is 29.0 Å². The summed E-state index contributed by atoms with van der Waals surface area (Å²) in [6.07, 6.45) is 0. The van der Waals surface area contributed by atoms with E-state index in [1.165, 1.54) is 31.1 Å². The number of phenolic OH excluding ortho intramolecular Hbond substituents is 1. The molecule has 25 heavy (non-hydrogen) atoms. The summed E-state index contributed by atoms with van der Waals surface area (Å²) in [6.45, 7) is 1.31. The van der Waals surface area contributed by atoms with Gasteiger partial charge in [-0.2, -0.15) is 0 Å². The number of phenols is 1. The number of aromatic hydroxyl groups is 1. The summed E-state index contributed by atoms with van der Waals surface area (Å²) >= 11 is 0. The van der Waals surface area contributed by atoms with Gasteiger partial charge in [0.1, 0.15) is 11.5 Å². The van der Waals surface area contributed by atoms with Gasteiger partial charge in [-0.3, -0.25) is 14.5 Å². The number of amides is 1. The molecule has 2 N–H and O–H groups in total. The molecular formula is C19H17NO5. The van der Waals surface area contributed by atoms with Crippen LogP contribution in [0.15, 0.2) is 59.9 Å². The SMILES string of the molecule is COc1ccccc1[C@@H]1C(C(C)=O)=C(O)C(=O)N1c1ccc(O)cc1. The van der Waals surface area contributed by atoms with E-state index in [9.17, 15) is 19.8 Å². The zero-order chi connectivity index (χ0) is 18.1. The number of nitrogens with zero attached hydrogens (tertiary/aromatic N) is 1. The van der Waals surface area contributed by atoms with E-state index in [-0.39, 0.29) is 11.3 Å². The third kappa shape index (κ3) is 2.71. The Kier molecular flexibility index (Phi) is 4.19. The van der Waals surface area contributed by atoms with Crippen LogP contribution in [0.4, 0.5) is 5.69 Å². The lowest BCUT2D eigenvalue weighted by Crippen LogP contribution is -2.31. The van der Waals surface area contributed by atoms with E-state index < -0.39 is 23.5 Å². The van der Waals surface area contributed by atoms with Gasteiger partial charge in [-0.15, -0.1) is 0 Å². The Labute approximate surface area is 144 Å². The van der Waals surface area contributed by atoms with E-state index in [1.807, 2.05) is 0 Å². The minimum absolute atomic E-state index is 0.0163. The lowest BCUT2D eigenvalue weighted by molar-refractivity contribution is -0.117. The predicted octanol–water partition coefficient (Wildman–Crippen LogP) is 2.89. The highest BCUT2D eigenvalue weighted by atomic mass is 16.5. The third-order valence-electron chi connectivity index (χ3n) is 4.15. The van der Waals surface area contributed by atoms with Crippen LogP contribution in [-0.2, 0) is 9.59 Å². The normalized spacial score (nSPS) is 17.1. The van der Waals surface area contributed by atoms with E-state index >= 15 is 0 Å². The number of rotatable bonds is 4. The first kappa shape index (κ1) is 16.6. The van der Waals surface area contributed by atoms with Gasteiger partial charge in [-0.05, 0) is 37.3 Å². The Morgan fingerprint density at radius 3 is 2.32 bits per heavy atom. The maximum atomic E-state index is 12.7. The molecule has 6 nitrogen and oxygen atoms in total. The lowest BCUT2D eigenvalue weighted by atomic mass is 9.95. The van der Waals surface area contributed by atoms with E-state index in [2.05, 4.69) is 0 Å². The van der Waals surface area contributed by atoms with Crippen molar-refractivity contribution >= 4 is 17.4 Å². The molecule has 1 atom stereocenters. The Morgan fingerprint density at radius 2 is 1.72 bits per heavy atom. The molecule has 0 saturated carbocycles. The van der Waals surface area contributed by atoms with Gasteiger partial charge < -0.3 is 14.9 Å². The van der Waals surface area contributed by atoms with Gasteiger partial charge in [0.25, 0.3) is 5.91 Å². The van der Waals surface area contributed by atoms with Gasteiger partial charge in [-0.1, -0.05) is 18.2 Å².